The van der Waals surface area contributed by atoms with Crippen LogP contribution in [-0.4, -0.2) is 58.5 Å². The molecule has 4 N–H and O–H groups in total. The predicted octanol–water partition coefficient (Wildman–Crippen LogP) is 2.79. The van der Waals surface area contributed by atoms with Gasteiger partial charge in [0.25, 0.3) is 5.91 Å². The number of aromatic hydroxyl groups is 1. The van der Waals surface area contributed by atoms with Crippen molar-refractivity contribution in [3.63, 3.8) is 0 Å². The second kappa shape index (κ2) is 9.59. The third kappa shape index (κ3) is 5.48. The summed E-state index contributed by atoms with van der Waals surface area (Å²) in [6.45, 7) is 0.690. The fraction of sp³-hybridized carbons (Fsp3) is 0.556. The van der Waals surface area contributed by atoms with Gasteiger partial charge >= 0.3 is 12.1 Å². The average molecular weight is 473 g/mol. The topological polar surface area (TPSA) is 113 Å². The van der Waals surface area contributed by atoms with Crippen LogP contribution in [0.1, 0.15) is 31.4 Å². The predicted molar refractivity (Wildman–Crippen MR) is 102 cm³/mol. The number of ether oxygens (including phenoxy) is 1. The summed E-state index contributed by atoms with van der Waals surface area (Å²) in [5, 5.41) is 19.7. The molecule has 0 radical (unpaired) electrons. The van der Waals surface area contributed by atoms with Gasteiger partial charge in [-0.05, 0) is 31.7 Å². The number of phenols is 1. The molecule has 1 fully saturated rings. The first kappa shape index (κ1) is 24.5. The van der Waals surface area contributed by atoms with Gasteiger partial charge in [-0.2, -0.15) is 13.2 Å². The van der Waals surface area contributed by atoms with Gasteiger partial charge in [0, 0.05) is 30.3 Å². The van der Waals surface area contributed by atoms with Crippen molar-refractivity contribution in [3.8, 4) is 5.75 Å². The quantitative estimate of drug-likeness (QED) is 0.567. The van der Waals surface area contributed by atoms with Gasteiger partial charge < -0.3 is 25.6 Å². The van der Waals surface area contributed by atoms with Crippen molar-refractivity contribution in [2.24, 2.45) is 11.7 Å². The van der Waals surface area contributed by atoms with Gasteiger partial charge in [-0.3, -0.25) is 4.79 Å². The van der Waals surface area contributed by atoms with E-state index in [1.54, 1.807) is 6.92 Å². The largest absolute Gasteiger partial charge is 0.508 e. The highest BCUT2D eigenvalue weighted by molar-refractivity contribution is 6.42. The lowest BCUT2D eigenvalue weighted by molar-refractivity contribution is -0.208. The maximum Gasteiger partial charge on any atom is 0.490 e. The van der Waals surface area contributed by atoms with Crippen LogP contribution in [0.15, 0.2) is 12.1 Å². The Morgan fingerprint density at radius 1 is 1.33 bits per heavy atom. The number of amides is 1. The van der Waals surface area contributed by atoms with E-state index < -0.39 is 42.8 Å². The number of hydrogen-bond acceptors (Lipinski definition) is 6. The summed E-state index contributed by atoms with van der Waals surface area (Å²) in [6.07, 6.45) is -6.51. The SMILES string of the molecule is C[C@H]1C[C@H]([C@@H](N)c2cc(Cl)c(Cl)cc2O)CCN1C(=O)[C@@H](CO)OC(=O)C(F)(F)F. The number of alkyl halides is 3. The van der Waals surface area contributed by atoms with E-state index in [-0.39, 0.29) is 28.3 Å². The number of halogens is 5. The summed E-state index contributed by atoms with van der Waals surface area (Å²) in [6, 6.07) is 1.65. The lowest BCUT2D eigenvalue weighted by Crippen LogP contribution is -2.52. The van der Waals surface area contributed by atoms with Gasteiger partial charge in [-0.1, -0.05) is 23.2 Å². The lowest BCUT2D eigenvalue weighted by Gasteiger charge is -2.41. The molecule has 0 spiro atoms. The fourth-order valence-corrected chi connectivity index (χ4v) is 3.81. The number of rotatable bonds is 5. The van der Waals surface area contributed by atoms with Gasteiger partial charge in [0.1, 0.15) is 5.75 Å². The molecule has 0 unspecified atom stereocenters. The molecule has 1 aliphatic rings. The molecule has 1 aromatic rings. The molecule has 2 rings (SSSR count). The third-order valence-corrected chi connectivity index (χ3v) is 5.78. The van der Waals surface area contributed by atoms with Crippen LogP contribution in [0.4, 0.5) is 13.2 Å². The molecule has 1 heterocycles. The van der Waals surface area contributed by atoms with Crippen molar-refractivity contribution in [2.75, 3.05) is 13.2 Å². The molecule has 7 nitrogen and oxygen atoms in total. The Balaban J connectivity index is 2.08. The number of likely N-dealkylation sites (tertiary alicyclic amines) is 1. The van der Waals surface area contributed by atoms with Gasteiger partial charge in [-0.15, -0.1) is 0 Å². The van der Waals surface area contributed by atoms with Crippen molar-refractivity contribution < 1.29 is 37.7 Å². The Bertz CT molecular complexity index is 809. The fourth-order valence-electron chi connectivity index (χ4n) is 3.48. The van der Waals surface area contributed by atoms with Gasteiger partial charge in [0.2, 0.25) is 6.10 Å². The van der Waals surface area contributed by atoms with E-state index >= 15 is 0 Å². The van der Waals surface area contributed by atoms with E-state index in [0.29, 0.717) is 18.4 Å². The van der Waals surface area contributed by atoms with Crippen molar-refractivity contribution in [1.29, 1.82) is 0 Å². The molecule has 0 saturated carbocycles. The molecule has 30 heavy (non-hydrogen) atoms. The van der Waals surface area contributed by atoms with Crippen LogP contribution in [-0.2, 0) is 14.3 Å². The van der Waals surface area contributed by atoms with Crippen LogP contribution in [0, 0.1) is 5.92 Å². The van der Waals surface area contributed by atoms with E-state index in [1.807, 2.05) is 0 Å². The number of phenolic OH excluding ortho intramolecular Hbond substituents is 1. The maximum absolute atomic E-state index is 12.5. The molecule has 1 aromatic carbocycles. The van der Waals surface area contributed by atoms with Crippen LogP contribution < -0.4 is 5.73 Å². The second-order valence-electron chi connectivity index (χ2n) is 7.09. The summed E-state index contributed by atoms with van der Waals surface area (Å²) in [5.74, 6) is -3.78. The molecule has 0 aromatic heterocycles. The highest BCUT2D eigenvalue weighted by atomic mass is 35.5. The highest BCUT2D eigenvalue weighted by Gasteiger charge is 2.44. The molecule has 0 bridgehead atoms. The number of benzene rings is 1. The number of carbonyl (C=O) groups excluding carboxylic acids is 2. The normalized spacial score (nSPS) is 21.8. The molecule has 1 saturated heterocycles. The Hall–Kier alpha value is -1.75. The number of nitrogens with two attached hydrogens (primary N) is 1. The molecule has 168 valence electrons. The summed E-state index contributed by atoms with van der Waals surface area (Å²) < 4.78 is 41.3. The Morgan fingerprint density at radius 3 is 2.47 bits per heavy atom. The first-order valence-corrected chi connectivity index (χ1v) is 9.75. The monoisotopic (exact) mass is 472 g/mol. The molecular weight excluding hydrogens is 452 g/mol. The number of carbonyl (C=O) groups is 2. The van der Waals surface area contributed by atoms with Crippen LogP contribution in [0.3, 0.4) is 0 Å². The summed E-state index contributed by atoms with van der Waals surface area (Å²) in [5.41, 5.74) is 6.66. The third-order valence-electron chi connectivity index (χ3n) is 5.06. The minimum Gasteiger partial charge on any atom is -0.508 e. The number of nitrogens with zero attached hydrogens (tertiary/aromatic N) is 1. The minimum absolute atomic E-state index is 0.112. The zero-order chi connectivity index (χ0) is 22.8. The average Bonchev–Trinajstić information content (AvgIpc) is 2.66. The molecular formula is C18H21Cl2F3N2O5. The zero-order valence-electron chi connectivity index (χ0n) is 15.8. The zero-order valence-corrected chi connectivity index (χ0v) is 17.3. The van der Waals surface area contributed by atoms with Gasteiger partial charge in [-0.25, -0.2) is 4.79 Å². The summed E-state index contributed by atoms with van der Waals surface area (Å²) in [7, 11) is 0. The standard InChI is InChI=1S/C18H21Cl2F3N2O5/c1-8-4-9(15(24)10-5-11(19)12(20)6-13(10)27)2-3-25(8)16(28)14(7-26)30-17(29)18(21,22)23/h5-6,8-9,14-15,26-27H,2-4,7,24H2,1H3/t8-,9+,14+,15+/m0/s1. The van der Waals surface area contributed by atoms with Crippen molar-refractivity contribution in [3.05, 3.63) is 27.7 Å². The van der Waals surface area contributed by atoms with Crippen LogP contribution in [0.25, 0.3) is 0 Å². The van der Waals surface area contributed by atoms with E-state index in [1.165, 1.54) is 17.0 Å². The molecule has 4 atom stereocenters. The summed E-state index contributed by atoms with van der Waals surface area (Å²) in [4.78, 5) is 24.7. The van der Waals surface area contributed by atoms with Gasteiger partial charge in [0.05, 0.1) is 16.7 Å². The van der Waals surface area contributed by atoms with Crippen LogP contribution in [0.5, 0.6) is 5.75 Å². The molecule has 0 aliphatic carbocycles. The Labute approximate surface area is 180 Å². The van der Waals surface area contributed by atoms with E-state index in [2.05, 4.69) is 4.74 Å². The number of hydrogen-bond donors (Lipinski definition) is 3. The number of aliphatic hydroxyl groups excluding tert-OH is 1. The molecule has 12 heteroatoms. The van der Waals surface area contributed by atoms with Crippen LogP contribution in [0.2, 0.25) is 10.0 Å². The van der Waals surface area contributed by atoms with Crippen LogP contribution >= 0.6 is 23.2 Å². The molecule has 1 aliphatic heterocycles. The molecule has 1 amide bonds. The van der Waals surface area contributed by atoms with Crippen molar-refractivity contribution in [1.82, 2.24) is 4.90 Å². The number of piperidine rings is 1. The van der Waals surface area contributed by atoms with E-state index in [0.717, 1.165) is 0 Å². The van der Waals surface area contributed by atoms with Gasteiger partial charge in [0.15, 0.2) is 0 Å². The number of aliphatic hydroxyl groups is 1. The van der Waals surface area contributed by atoms with E-state index in [4.69, 9.17) is 28.9 Å². The highest BCUT2D eigenvalue weighted by Crippen LogP contribution is 2.39. The first-order chi connectivity index (χ1) is 13.9. The lowest BCUT2D eigenvalue weighted by atomic mass is 9.82. The summed E-state index contributed by atoms with van der Waals surface area (Å²) >= 11 is 11.8. The second-order valence-corrected chi connectivity index (χ2v) is 7.90. The Kier molecular flexibility index (Phi) is 7.84. The van der Waals surface area contributed by atoms with Crippen molar-refractivity contribution in [2.45, 2.75) is 44.1 Å². The number of esters is 1. The maximum atomic E-state index is 12.5. The van der Waals surface area contributed by atoms with E-state index in [9.17, 15) is 33.0 Å². The first-order valence-electron chi connectivity index (χ1n) is 8.99. The Morgan fingerprint density at radius 2 is 1.93 bits per heavy atom. The van der Waals surface area contributed by atoms with Crippen molar-refractivity contribution >= 4 is 35.1 Å². The minimum atomic E-state index is -5.28. The smallest absolute Gasteiger partial charge is 0.490 e.